The maximum Gasteiger partial charge on any atom is 0.233 e. The van der Waals surface area contributed by atoms with E-state index in [9.17, 15) is 4.79 Å². The molecule has 8 heteroatoms. The third-order valence-electron chi connectivity index (χ3n) is 5.60. The Morgan fingerprint density at radius 1 is 1.31 bits per heavy atom. The first-order chi connectivity index (χ1) is 15.7. The van der Waals surface area contributed by atoms with E-state index in [0.717, 1.165) is 42.7 Å². The number of carbonyl (C=O) groups is 1. The molecule has 0 bridgehead atoms. The Morgan fingerprint density at radius 3 is 3.00 bits per heavy atom. The Hall–Kier alpha value is -3.00. The summed E-state index contributed by atoms with van der Waals surface area (Å²) in [6.07, 6.45) is 14.7. The van der Waals surface area contributed by atoms with Crippen LogP contribution >= 0.6 is 11.8 Å². The number of rotatable bonds is 9. The van der Waals surface area contributed by atoms with Crippen LogP contribution in [0.3, 0.4) is 0 Å². The number of nitrogens with zero attached hydrogens (tertiary/aromatic N) is 6. The van der Waals surface area contributed by atoms with Gasteiger partial charge in [0.25, 0.3) is 0 Å². The van der Waals surface area contributed by atoms with Crippen LogP contribution in [0, 0.1) is 0 Å². The van der Waals surface area contributed by atoms with Crippen LogP contribution in [-0.2, 0) is 4.79 Å². The molecule has 1 aliphatic heterocycles. The fraction of sp³-hybridized carbons (Fsp3) is 0.375. The van der Waals surface area contributed by atoms with E-state index in [-0.39, 0.29) is 18.0 Å². The highest BCUT2D eigenvalue weighted by Gasteiger charge is 2.30. The summed E-state index contributed by atoms with van der Waals surface area (Å²) in [6.45, 7) is 6.07. The van der Waals surface area contributed by atoms with Crippen LogP contribution in [0.15, 0.2) is 66.5 Å². The summed E-state index contributed by atoms with van der Waals surface area (Å²) in [4.78, 5) is 19.5. The topological polar surface area (TPSA) is 76.3 Å². The van der Waals surface area contributed by atoms with Gasteiger partial charge in [-0.05, 0) is 43.5 Å². The quantitative estimate of drug-likeness (QED) is 0.353. The van der Waals surface area contributed by atoms with Crippen LogP contribution in [0.1, 0.15) is 39.0 Å². The lowest BCUT2D eigenvalue weighted by Gasteiger charge is -2.39. The van der Waals surface area contributed by atoms with Gasteiger partial charge in [0.15, 0.2) is 11.5 Å². The van der Waals surface area contributed by atoms with E-state index in [2.05, 4.69) is 50.8 Å². The normalized spacial score (nSPS) is 18.2. The molecular weight excluding hydrogens is 420 g/mol. The van der Waals surface area contributed by atoms with Crippen LogP contribution in [0.4, 0.5) is 0 Å². The van der Waals surface area contributed by atoms with Gasteiger partial charge in [0, 0.05) is 24.0 Å². The molecule has 166 valence electrons. The van der Waals surface area contributed by atoms with E-state index >= 15 is 0 Å². The van der Waals surface area contributed by atoms with Gasteiger partial charge < -0.3 is 4.90 Å². The van der Waals surface area contributed by atoms with Crippen molar-refractivity contribution in [3.8, 4) is 11.4 Å². The van der Waals surface area contributed by atoms with E-state index in [1.54, 1.807) is 16.9 Å². The highest BCUT2D eigenvalue weighted by molar-refractivity contribution is 7.99. The maximum absolute atomic E-state index is 13.3. The SMILES string of the molecule is C=CC[C@@H]1CC=C[C@@H](CCCC)N1C(=O)CSc1ccc2nnc(-c3cccnc3)n2n1. The number of thioether (sulfide) groups is 1. The van der Waals surface area contributed by atoms with Crippen LogP contribution in [0.2, 0.25) is 0 Å². The van der Waals surface area contributed by atoms with Crippen LogP contribution < -0.4 is 0 Å². The lowest BCUT2D eigenvalue weighted by molar-refractivity contribution is -0.132. The van der Waals surface area contributed by atoms with Crippen molar-refractivity contribution in [3.05, 3.63) is 61.5 Å². The van der Waals surface area contributed by atoms with Gasteiger partial charge in [0.2, 0.25) is 5.91 Å². The Balaban J connectivity index is 1.51. The summed E-state index contributed by atoms with van der Waals surface area (Å²) in [5, 5.41) is 13.9. The molecule has 7 nitrogen and oxygen atoms in total. The van der Waals surface area contributed by atoms with E-state index in [1.807, 2.05) is 30.3 Å². The molecular formula is C24H28N6OS. The summed E-state index contributed by atoms with van der Waals surface area (Å²) >= 11 is 1.45. The first-order valence-electron chi connectivity index (χ1n) is 11.1. The van der Waals surface area contributed by atoms with Crippen molar-refractivity contribution in [1.29, 1.82) is 0 Å². The van der Waals surface area contributed by atoms with Gasteiger partial charge in [0.1, 0.15) is 5.03 Å². The molecule has 0 unspecified atom stereocenters. The fourth-order valence-corrected chi connectivity index (χ4v) is 4.77. The number of carbonyl (C=O) groups excluding carboxylic acids is 1. The second kappa shape index (κ2) is 10.5. The lowest BCUT2D eigenvalue weighted by atomic mass is 9.96. The molecule has 3 aromatic rings. The average molecular weight is 449 g/mol. The van der Waals surface area contributed by atoms with E-state index in [0.29, 0.717) is 17.2 Å². The summed E-state index contributed by atoms with van der Waals surface area (Å²) in [6, 6.07) is 7.89. The molecule has 4 heterocycles. The summed E-state index contributed by atoms with van der Waals surface area (Å²) in [7, 11) is 0. The molecule has 3 aromatic heterocycles. The number of amides is 1. The van der Waals surface area contributed by atoms with Gasteiger partial charge >= 0.3 is 0 Å². The second-order valence-corrected chi connectivity index (χ2v) is 8.84. The average Bonchev–Trinajstić information content (AvgIpc) is 3.25. The Labute approximate surface area is 192 Å². The molecule has 0 fully saturated rings. The maximum atomic E-state index is 13.3. The first-order valence-corrected chi connectivity index (χ1v) is 12.0. The number of unbranched alkanes of at least 4 members (excludes halogenated alkanes) is 1. The van der Waals surface area contributed by atoms with E-state index in [4.69, 9.17) is 0 Å². The summed E-state index contributed by atoms with van der Waals surface area (Å²) in [5.41, 5.74) is 1.50. The number of fused-ring (bicyclic) bond motifs is 1. The molecule has 0 N–H and O–H groups in total. The van der Waals surface area contributed by atoms with Crippen molar-refractivity contribution in [2.24, 2.45) is 0 Å². The molecule has 1 amide bonds. The molecule has 0 aromatic carbocycles. The number of hydrogen-bond acceptors (Lipinski definition) is 6. The third kappa shape index (κ3) is 4.91. The Morgan fingerprint density at radius 2 is 2.22 bits per heavy atom. The molecule has 0 aliphatic carbocycles. The van der Waals surface area contributed by atoms with Gasteiger partial charge in [-0.3, -0.25) is 9.78 Å². The second-order valence-electron chi connectivity index (χ2n) is 7.85. The van der Waals surface area contributed by atoms with Gasteiger partial charge in [-0.1, -0.05) is 49.8 Å². The van der Waals surface area contributed by atoms with Crippen molar-refractivity contribution in [2.45, 2.75) is 56.1 Å². The van der Waals surface area contributed by atoms with Gasteiger partial charge in [0.05, 0.1) is 11.8 Å². The zero-order chi connectivity index (χ0) is 22.3. The third-order valence-corrected chi connectivity index (χ3v) is 6.50. The minimum atomic E-state index is 0.144. The minimum Gasteiger partial charge on any atom is -0.332 e. The molecule has 0 saturated heterocycles. The minimum absolute atomic E-state index is 0.144. The predicted octanol–water partition coefficient (Wildman–Crippen LogP) is 4.57. The van der Waals surface area contributed by atoms with Crippen molar-refractivity contribution >= 4 is 23.3 Å². The molecule has 1 aliphatic rings. The summed E-state index contributed by atoms with van der Waals surface area (Å²) < 4.78 is 1.71. The highest BCUT2D eigenvalue weighted by Crippen LogP contribution is 2.26. The predicted molar refractivity (Wildman–Crippen MR) is 127 cm³/mol. The van der Waals surface area contributed by atoms with Crippen molar-refractivity contribution in [1.82, 2.24) is 29.7 Å². The van der Waals surface area contributed by atoms with Crippen LogP contribution in [0.5, 0.6) is 0 Å². The molecule has 0 spiro atoms. The molecule has 0 saturated carbocycles. The summed E-state index contributed by atoms with van der Waals surface area (Å²) in [5.74, 6) is 1.12. The fourth-order valence-electron chi connectivity index (χ4n) is 4.04. The van der Waals surface area contributed by atoms with E-state index in [1.165, 1.54) is 11.8 Å². The van der Waals surface area contributed by atoms with Crippen molar-refractivity contribution in [2.75, 3.05) is 5.75 Å². The first kappa shape index (κ1) is 22.2. The monoisotopic (exact) mass is 448 g/mol. The number of pyridine rings is 1. The standard InChI is InChI=1S/C24H28N6OS/c1-3-5-10-20-12-6-11-19(8-4-2)29(20)23(31)17-32-22-14-13-21-26-27-24(30(21)28-22)18-9-7-15-25-16-18/h4,6-7,9,12-16,19-20H,2-3,5,8,10-11,17H2,1H3/t19-,20-/m1/s1. The number of hydrogen-bond donors (Lipinski definition) is 0. The van der Waals surface area contributed by atoms with Gasteiger partial charge in [-0.15, -0.1) is 16.8 Å². The lowest BCUT2D eigenvalue weighted by Crippen LogP contribution is -2.48. The number of aromatic nitrogens is 5. The molecule has 0 radical (unpaired) electrons. The van der Waals surface area contributed by atoms with Crippen molar-refractivity contribution in [3.63, 3.8) is 0 Å². The van der Waals surface area contributed by atoms with Gasteiger partial charge in [-0.2, -0.15) is 9.61 Å². The molecule has 32 heavy (non-hydrogen) atoms. The largest absolute Gasteiger partial charge is 0.332 e. The zero-order valence-corrected chi connectivity index (χ0v) is 19.1. The Bertz CT molecular complexity index is 1100. The Kier molecular flexibility index (Phi) is 7.32. The highest BCUT2D eigenvalue weighted by atomic mass is 32.2. The van der Waals surface area contributed by atoms with Crippen LogP contribution in [-0.4, -0.2) is 53.4 Å². The molecule has 2 atom stereocenters. The van der Waals surface area contributed by atoms with Gasteiger partial charge in [-0.25, -0.2) is 0 Å². The molecule has 4 rings (SSSR count). The van der Waals surface area contributed by atoms with E-state index < -0.39 is 0 Å². The van der Waals surface area contributed by atoms with Crippen molar-refractivity contribution < 1.29 is 4.79 Å². The van der Waals surface area contributed by atoms with Crippen LogP contribution in [0.25, 0.3) is 17.0 Å². The zero-order valence-electron chi connectivity index (χ0n) is 18.3. The smallest absolute Gasteiger partial charge is 0.233 e.